The molecule has 7 nitrogen and oxygen atoms in total. The van der Waals surface area contributed by atoms with Crippen LogP contribution < -0.4 is 10.6 Å². The van der Waals surface area contributed by atoms with Crippen LogP contribution in [0.2, 0.25) is 0 Å². The number of amides is 1. The van der Waals surface area contributed by atoms with E-state index in [-0.39, 0.29) is 11.9 Å². The Balaban J connectivity index is 1.44. The molecule has 3 aromatic rings. The van der Waals surface area contributed by atoms with Crippen LogP contribution in [0.15, 0.2) is 55.1 Å². The zero-order valence-corrected chi connectivity index (χ0v) is 17.6. The molecule has 31 heavy (non-hydrogen) atoms. The molecule has 0 saturated heterocycles. The van der Waals surface area contributed by atoms with E-state index in [4.69, 9.17) is 0 Å². The van der Waals surface area contributed by atoms with Crippen molar-refractivity contribution in [2.24, 2.45) is 0 Å². The molecule has 2 heterocycles. The summed E-state index contributed by atoms with van der Waals surface area (Å²) in [5, 5.41) is 16.5. The Hall–Kier alpha value is -3.32. The molecule has 1 amide bonds. The molecule has 0 radical (unpaired) electrons. The largest absolute Gasteiger partial charge is 0.391 e. The molecular formula is C24H27N5O2. The lowest BCUT2D eigenvalue weighted by Gasteiger charge is -2.28. The lowest BCUT2D eigenvalue weighted by Crippen LogP contribution is -2.45. The molecule has 160 valence electrons. The van der Waals surface area contributed by atoms with Crippen LogP contribution in [0.1, 0.15) is 47.2 Å². The molecular weight excluding hydrogens is 390 g/mol. The normalized spacial score (nSPS) is 18.4. The summed E-state index contributed by atoms with van der Waals surface area (Å²) in [4.78, 5) is 25.5. The van der Waals surface area contributed by atoms with E-state index in [1.54, 1.807) is 30.9 Å². The first-order valence-electron chi connectivity index (χ1n) is 10.6. The number of pyridine rings is 1. The molecule has 1 fully saturated rings. The number of benzene rings is 1. The Labute approximate surface area is 182 Å². The van der Waals surface area contributed by atoms with E-state index in [1.807, 2.05) is 31.2 Å². The van der Waals surface area contributed by atoms with Gasteiger partial charge in [-0.3, -0.25) is 9.78 Å². The van der Waals surface area contributed by atoms with Crippen molar-refractivity contribution in [1.82, 2.24) is 20.3 Å². The van der Waals surface area contributed by atoms with Crippen LogP contribution in [-0.4, -0.2) is 38.1 Å². The third-order valence-electron chi connectivity index (χ3n) is 5.70. The average molecular weight is 418 g/mol. The number of nitrogens with zero attached hydrogens (tertiary/aromatic N) is 3. The topological polar surface area (TPSA) is 100 Å². The third-order valence-corrected chi connectivity index (χ3v) is 5.70. The van der Waals surface area contributed by atoms with Crippen molar-refractivity contribution in [2.45, 2.75) is 51.3 Å². The van der Waals surface area contributed by atoms with Crippen LogP contribution in [-0.2, 0) is 6.54 Å². The summed E-state index contributed by atoms with van der Waals surface area (Å²) >= 11 is 0. The highest BCUT2D eigenvalue weighted by molar-refractivity contribution is 5.94. The summed E-state index contributed by atoms with van der Waals surface area (Å²) in [5.74, 6) is 0.482. The predicted octanol–water partition coefficient (Wildman–Crippen LogP) is 3.49. The van der Waals surface area contributed by atoms with Gasteiger partial charge in [0.2, 0.25) is 0 Å². The van der Waals surface area contributed by atoms with Gasteiger partial charge in [-0.1, -0.05) is 18.9 Å². The van der Waals surface area contributed by atoms with Gasteiger partial charge in [0.05, 0.1) is 17.8 Å². The second-order valence-electron chi connectivity index (χ2n) is 7.96. The maximum atomic E-state index is 12.7. The number of aryl methyl sites for hydroxylation is 1. The zero-order valence-electron chi connectivity index (χ0n) is 17.6. The summed E-state index contributed by atoms with van der Waals surface area (Å²) in [7, 11) is 0. The van der Waals surface area contributed by atoms with Gasteiger partial charge < -0.3 is 15.7 Å². The molecule has 7 heteroatoms. The minimum atomic E-state index is -0.461. The number of anilines is 1. The number of aliphatic hydroxyl groups excluding tert-OH is 1. The van der Waals surface area contributed by atoms with Crippen LogP contribution in [0.5, 0.6) is 0 Å². The molecule has 2 atom stereocenters. The van der Waals surface area contributed by atoms with Crippen molar-refractivity contribution in [3.05, 3.63) is 71.8 Å². The second-order valence-corrected chi connectivity index (χ2v) is 7.96. The monoisotopic (exact) mass is 417 g/mol. The number of aliphatic hydroxyl groups is 1. The Morgan fingerprint density at radius 2 is 1.94 bits per heavy atom. The number of carbonyl (C=O) groups is 1. The Kier molecular flexibility index (Phi) is 6.52. The molecule has 2 aromatic heterocycles. The van der Waals surface area contributed by atoms with Gasteiger partial charge in [0, 0.05) is 42.5 Å². The summed E-state index contributed by atoms with van der Waals surface area (Å²) in [5.41, 5.74) is 4.41. The van der Waals surface area contributed by atoms with E-state index in [9.17, 15) is 9.90 Å². The smallest absolute Gasteiger partial charge is 0.251 e. The zero-order chi connectivity index (χ0) is 21.6. The van der Waals surface area contributed by atoms with Crippen LogP contribution in [0.4, 0.5) is 5.69 Å². The summed E-state index contributed by atoms with van der Waals surface area (Å²) in [6.45, 7) is 2.58. The van der Waals surface area contributed by atoms with Crippen LogP contribution in [0, 0.1) is 6.92 Å². The van der Waals surface area contributed by atoms with Gasteiger partial charge in [-0.15, -0.1) is 0 Å². The molecule has 1 aliphatic rings. The van der Waals surface area contributed by atoms with Gasteiger partial charge in [0.15, 0.2) is 5.82 Å². The molecule has 1 saturated carbocycles. The lowest BCUT2D eigenvalue weighted by atomic mass is 9.92. The van der Waals surface area contributed by atoms with Crippen LogP contribution in [0.25, 0.3) is 11.4 Å². The Morgan fingerprint density at radius 1 is 1.13 bits per heavy atom. The highest BCUT2D eigenvalue weighted by Crippen LogP contribution is 2.21. The van der Waals surface area contributed by atoms with Crippen molar-refractivity contribution in [3.8, 4) is 11.4 Å². The average Bonchev–Trinajstić information content (AvgIpc) is 2.81. The lowest BCUT2D eigenvalue weighted by molar-refractivity contribution is 0.0717. The van der Waals surface area contributed by atoms with Crippen molar-refractivity contribution in [1.29, 1.82) is 0 Å². The third kappa shape index (κ3) is 5.24. The van der Waals surface area contributed by atoms with Gasteiger partial charge in [-0.25, -0.2) is 9.97 Å². The van der Waals surface area contributed by atoms with Gasteiger partial charge in [-0.2, -0.15) is 0 Å². The first-order valence-corrected chi connectivity index (χ1v) is 10.6. The minimum absolute atomic E-state index is 0.142. The van der Waals surface area contributed by atoms with E-state index >= 15 is 0 Å². The first kappa shape index (κ1) is 20.9. The predicted molar refractivity (Wildman–Crippen MR) is 119 cm³/mol. The van der Waals surface area contributed by atoms with Crippen molar-refractivity contribution < 1.29 is 9.90 Å². The number of hydrogen-bond acceptors (Lipinski definition) is 6. The maximum Gasteiger partial charge on any atom is 0.251 e. The fourth-order valence-corrected chi connectivity index (χ4v) is 3.84. The summed E-state index contributed by atoms with van der Waals surface area (Å²) in [6, 6.07) is 9.26. The van der Waals surface area contributed by atoms with E-state index in [1.165, 1.54) is 0 Å². The first-order chi connectivity index (χ1) is 15.1. The quantitative estimate of drug-likeness (QED) is 0.568. The van der Waals surface area contributed by atoms with E-state index in [0.717, 1.165) is 48.1 Å². The molecule has 4 rings (SSSR count). The van der Waals surface area contributed by atoms with E-state index < -0.39 is 6.10 Å². The molecule has 0 unspecified atom stereocenters. The van der Waals surface area contributed by atoms with E-state index in [2.05, 4.69) is 25.6 Å². The second kappa shape index (κ2) is 9.66. The van der Waals surface area contributed by atoms with Gasteiger partial charge in [-0.05, 0) is 55.2 Å². The van der Waals surface area contributed by atoms with Gasteiger partial charge in [0.1, 0.15) is 0 Å². The highest BCUT2D eigenvalue weighted by Gasteiger charge is 2.25. The Morgan fingerprint density at radius 3 is 2.74 bits per heavy atom. The van der Waals surface area contributed by atoms with Crippen LogP contribution in [0.3, 0.4) is 0 Å². The molecule has 0 bridgehead atoms. The highest BCUT2D eigenvalue weighted by atomic mass is 16.3. The Bertz CT molecular complexity index is 1040. The summed E-state index contributed by atoms with van der Waals surface area (Å²) < 4.78 is 0. The molecule has 0 aliphatic heterocycles. The number of aromatic nitrogens is 3. The molecule has 1 aliphatic carbocycles. The number of rotatable bonds is 6. The standard InChI is InChI=1S/C24H27N5O2/c1-16-7-8-17(24(31)29-21-5-2-3-6-22(21)30)11-18(16)14-28-20-12-19(13-25-15-20)23-26-9-4-10-27-23/h4,7-13,15,21-22,28,30H,2-3,5-6,14H2,1H3,(H,29,31)/t21-,22-/m0/s1. The van der Waals surface area contributed by atoms with E-state index in [0.29, 0.717) is 17.9 Å². The van der Waals surface area contributed by atoms with Crippen molar-refractivity contribution in [3.63, 3.8) is 0 Å². The SMILES string of the molecule is Cc1ccc(C(=O)N[C@H]2CCCC[C@@H]2O)cc1CNc1cncc(-c2ncccn2)c1. The van der Waals surface area contributed by atoms with Crippen molar-refractivity contribution >= 4 is 11.6 Å². The molecule has 1 aromatic carbocycles. The number of carbonyl (C=O) groups excluding carboxylic acids is 1. The van der Waals surface area contributed by atoms with Crippen molar-refractivity contribution in [2.75, 3.05) is 5.32 Å². The maximum absolute atomic E-state index is 12.7. The van der Waals surface area contributed by atoms with Crippen LogP contribution >= 0.6 is 0 Å². The minimum Gasteiger partial charge on any atom is -0.391 e. The van der Waals surface area contributed by atoms with Gasteiger partial charge >= 0.3 is 0 Å². The fourth-order valence-electron chi connectivity index (χ4n) is 3.84. The molecule has 3 N–H and O–H groups in total. The number of nitrogens with one attached hydrogen (secondary N) is 2. The fraction of sp³-hybridized carbons (Fsp3) is 0.333. The summed E-state index contributed by atoms with van der Waals surface area (Å²) in [6.07, 6.45) is 10.0. The molecule has 0 spiro atoms. The number of hydrogen-bond donors (Lipinski definition) is 3. The van der Waals surface area contributed by atoms with Gasteiger partial charge in [0.25, 0.3) is 5.91 Å².